The molecule has 136 valence electrons. The second kappa shape index (κ2) is 8.01. The van der Waals surface area contributed by atoms with Crippen molar-refractivity contribution in [2.45, 2.75) is 10.8 Å². The maximum atomic E-state index is 13.5. The van der Waals surface area contributed by atoms with E-state index in [1.165, 1.54) is 10.4 Å². The van der Waals surface area contributed by atoms with E-state index in [1.54, 1.807) is 0 Å². The summed E-state index contributed by atoms with van der Waals surface area (Å²) in [6, 6.07) is 13.1. The average molecular weight is 405 g/mol. The van der Waals surface area contributed by atoms with Crippen molar-refractivity contribution in [3.8, 4) is 0 Å². The molecule has 1 aliphatic rings. The maximum absolute atomic E-state index is 13.5. The van der Waals surface area contributed by atoms with Gasteiger partial charge in [0.25, 0.3) is 0 Å². The van der Waals surface area contributed by atoms with Gasteiger partial charge in [0, 0.05) is 24.0 Å². The van der Waals surface area contributed by atoms with E-state index in [0.717, 1.165) is 17.7 Å². The Morgan fingerprint density at radius 2 is 1.84 bits per heavy atom. The third-order valence-electron chi connectivity index (χ3n) is 4.41. The summed E-state index contributed by atoms with van der Waals surface area (Å²) in [4.78, 5) is -0.128. The van der Waals surface area contributed by atoms with Gasteiger partial charge in [-0.15, -0.1) is 12.4 Å². The normalized spacial score (nSPS) is 21.1. The zero-order valence-electron chi connectivity index (χ0n) is 13.3. The molecule has 3 rings (SSSR count). The standard InChI is InChI=1S/C17H18ClFN2O2S.ClH/c18-14-6-15(19)8-16(7-14)24(22,23)21-10-13(9-20)17(11-21)12-4-2-1-3-5-12;/h1-8,13,17H,9-11,20H2;1H/t13-,17+;/m1./s1. The van der Waals surface area contributed by atoms with Crippen LogP contribution in [0.1, 0.15) is 11.5 Å². The summed E-state index contributed by atoms with van der Waals surface area (Å²) < 4.78 is 40.6. The SMILES string of the molecule is Cl.NC[C@@H]1CN(S(=O)(=O)c2cc(F)cc(Cl)c2)C[C@H]1c1ccccc1. The molecule has 1 heterocycles. The highest BCUT2D eigenvalue weighted by atomic mass is 35.5. The molecule has 1 fully saturated rings. The molecule has 0 bridgehead atoms. The number of nitrogens with two attached hydrogens (primary N) is 1. The molecule has 0 aliphatic carbocycles. The van der Waals surface area contributed by atoms with Crippen molar-refractivity contribution in [1.82, 2.24) is 4.31 Å². The number of sulfonamides is 1. The summed E-state index contributed by atoms with van der Waals surface area (Å²) in [5, 5.41) is 0.0581. The Morgan fingerprint density at radius 1 is 1.16 bits per heavy atom. The minimum absolute atomic E-state index is 0. The topological polar surface area (TPSA) is 63.4 Å². The molecule has 2 aromatic carbocycles. The first-order valence-electron chi connectivity index (χ1n) is 7.63. The summed E-state index contributed by atoms with van der Waals surface area (Å²) in [6.07, 6.45) is 0. The van der Waals surface area contributed by atoms with Gasteiger partial charge >= 0.3 is 0 Å². The summed E-state index contributed by atoms with van der Waals surface area (Å²) in [6.45, 7) is 1.02. The van der Waals surface area contributed by atoms with Crippen LogP contribution in [0.2, 0.25) is 5.02 Å². The van der Waals surface area contributed by atoms with Gasteiger partial charge in [0.05, 0.1) is 4.90 Å². The Kier molecular flexibility index (Phi) is 6.45. The van der Waals surface area contributed by atoms with Gasteiger partial charge in [-0.3, -0.25) is 0 Å². The summed E-state index contributed by atoms with van der Waals surface area (Å²) >= 11 is 5.80. The van der Waals surface area contributed by atoms with E-state index < -0.39 is 15.8 Å². The number of hydrogen-bond donors (Lipinski definition) is 1. The van der Waals surface area contributed by atoms with Crippen LogP contribution in [0, 0.1) is 11.7 Å². The van der Waals surface area contributed by atoms with Gasteiger partial charge in [0.1, 0.15) is 5.82 Å². The van der Waals surface area contributed by atoms with Crippen molar-refractivity contribution >= 4 is 34.0 Å². The molecule has 0 amide bonds. The van der Waals surface area contributed by atoms with Crippen molar-refractivity contribution in [1.29, 1.82) is 0 Å². The van der Waals surface area contributed by atoms with Crippen LogP contribution < -0.4 is 5.73 Å². The summed E-state index contributed by atoms with van der Waals surface area (Å²) in [5.74, 6) is -0.628. The Morgan fingerprint density at radius 3 is 2.44 bits per heavy atom. The molecule has 2 aromatic rings. The third kappa shape index (κ3) is 4.15. The van der Waals surface area contributed by atoms with Gasteiger partial charge in [-0.1, -0.05) is 41.9 Å². The predicted molar refractivity (Wildman–Crippen MR) is 99.1 cm³/mol. The fraction of sp³-hybridized carbons (Fsp3) is 0.294. The first-order chi connectivity index (χ1) is 11.4. The van der Waals surface area contributed by atoms with Gasteiger partial charge in [0.2, 0.25) is 10.0 Å². The monoisotopic (exact) mass is 404 g/mol. The van der Waals surface area contributed by atoms with E-state index in [1.807, 2.05) is 30.3 Å². The van der Waals surface area contributed by atoms with Crippen LogP contribution in [0.4, 0.5) is 4.39 Å². The first-order valence-corrected chi connectivity index (χ1v) is 9.45. The van der Waals surface area contributed by atoms with Gasteiger partial charge in [-0.05, 0) is 36.2 Å². The third-order valence-corrected chi connectivity index (χ3v) is 6.44. The number of hydrogen-bond acceptors (Lipinski definition) is 3. The Balaban J connectivity index is 0.00000225. The lowest BCUT2D eigenvalue weighted by Gasteiger charge is -2.17. The van der Waals surface area contributed by atoms with Crippen LogP contribution in [0.5, 0.6) is 0 Å². The average Bonchev–Trinajstić information content (AvgIpc) is 3.00. The molecule has 0 unspecified atom stereocenters. The van der Waals surface area contributed by atoms with Crippen LogP contribution in [0.3, 0.4) is 0 Å². The predicted octanol–water partition coefficient (Wildman–Crippen LogP) is 3.26. The second-order valence-corrected chi connectivity index (χ2v) is 8.31. The highest BCUT2D eigenvalue weighted by Crippen LogP contribution is 2.35. The van der Waals surface area contributed by atoms with Crippen molar-refractivity contribution < 1.29 is 12.8 Å². The summed E-state index contributed by atoms with van der Waals surface area (Å²) in [5.41, 5.74) is 6.91. The molecule has 25 heavy (non-hydrogen) atoms. The van der Waals surface area contributed by atoms with Crippen LogP contribution in [-0.4, -0.2) is 32.4 Å². The van der Waals surface area contributed by atoms with Crippen molar-refractivity contribution in [3.05, 3.63) is 64.9 Å². The van der Waals surface area contributed by atoms with Crippen LogP contribution >= 0.6 is 24.0 Å². The van der Waals surface area contributed by atoms with Crippen LogP contribution in [0.25, 0.3) is 0 Å². The molecular weight excluding hydrogens is 386 g/mol. The second-order valence-electron chi connectivity index (χ2n) is 5.94. The number of rotatable bonds is 4. The van der Waals surface area contributed by atoms with Crippen molar-refractivity contribution in [2.24, 2.45) is 11.7 Å². The zero-order valence-corrected chi connectivity index (χ0v) is 15.7. The largest absolute Gasteiger partial charge is 0.330 e. The van der Waals surface area contributed by atoms with Gasteiger partial charge in [0.15, 0.2) is 0 Å². The highest BCUT2D eigenvalue weighted by Gasteiger charge is 2.39. The number of halogens is 3. The minimum Gasteiger partial charge on any atom is -0.330 e. The van der Waals surface area contributed by atoms with Crippen molar-refractivity contribution in [2.75, 3.05) is 19.6 Å². The molecular formula is C17H19Cl2FN2O2S. The molecule has 1 saturated heterocycles. The van der Waals surface area contributed by atoms with E-state index in [9.17, 15) is 12.8 Å². The van der Waals surface area contributed by atoms with E-state index in [0.29, 0.717) is 19.6 Å². The lowest BCUT2D eigenvalue weighted by Crippen LogP contribution is -2.30. The fourth-order valence-electron chi connectivity index (χ4n) is 3.17. The highest BCUT2D eigenvalue weighted by molar-refractivity contribution is 7.89. The van der Waals surface area contributed by atoms with E-state index >= 15 is 0 Å². The number of benzene rings is 2. The Hall–Kier alpha value is -1.18. The lowest BCUT2D eigenvalue weighted by atomic mass is 9.89. The molecule has 8 heteroatoms. The van der Waals surface area contributed by atoms with Gasteiger partial charge < -0.3 is 5.73 Å². The molecule has 4 nitrogen and oxygen atoms in total. The smallest absolute Gasteiger partial charge is 0.243 e. The quantitative estimate of drug-likeness (QED) is 0.850. The molecule has 1 aliphatic heterocycles. The molecule has 0 spiro atoms. The van der Waals surface area contributed by atoms with Crippen LogP contribution in [-0.2, 0) is 10.0 Å². The van der Waals surface area contributed by atoms with E-state index in [4.69, 9.17) is 17.3 Å². The Labute approximate surface area is 158 Å². The van der Waals surface area contributed by atoms with Crippen LogP contribution in [0.15, 0.2) is 53.4 Å². The van der Waals surface area contributed by atoms with Gasteiger partial charge in [-0.25, -0.2) is 12.8 Å². The molecule has 0 aromatic heterocycles. The Bertz CT molecular complexity index is 814. The maximum Gasteiger partial charge on any atom is 0.243 e. The zero-order chi connectivity index (χ0) is 17.3. The van der Waals surface area contributed by atoms with Gasteiger partial charge in [-0.2, -0.15) is 4.31 Å². The molecule has 0 radical (unpaired) electrons. The van der Waals surface area contributed by atoms with E-state index in [-0.39, 0.29) is 34.2 Å². The minimum atomic E-state index is -3.81. The molecule has 2 atom stereocenters. The van der Waals surface area contributed by atoms with E-state index in [2.05, 4.69) is 0 Å². The fourth-order valence-corrected chi connectivity index (χ4v) is 5.04. The number of nitrogens with zero attached hydrogens (tertiary/aromatic N) is 1. The summed E-state index contributed by atoms with van der Waals surface area (Å²) in [7, 11) is -3.81. The molecule has 0 saturated carbocycles. The lowest BCUT2D eigenvalue weighted by molar-refractivity contribution is 0.458. The first kappa shape index (κ1) is 20.1. The molecule has 2 N–H and O–H groups in total. The van der Waals surface area contributed by atoms with Crippen molar-refractivity contribution in [3.63, 3.8) is 0 Å².